The van der Waals surface area contributed by atoms with E-state index in [1.165, 1.54) is 10.4 Å². The van der Waals surface area contributed by atoms with E-state index in [9.17, 15) is 4.79 Å². The molecule has 1 aliphatic heterocycles. The Bertz CT molecular complexity index is 1110. The second-order valence-electron chi connectivity index (χ2n) is 9.27. The van der Waals surface area contributed by atoms with Crippen LogP contribution in [0.25, 0.3) is 11.3 Å². The lowest BCUT2D eigenvalue weighted by molar-refractivity contribution is 0.0930. The third-order valence-electron chi connectivity index (χ3n) is 6.31. The number of nitrogens with one attached hydrogen (secondary N) is 2. The van der Waals surface area contributed by atoms with Crippen molar-refractivity contribution in [3.8, 4) is 11.3 Å². The van der Waals surface area contributed by atoms with Crippen molar-refractivity contribution in [2.45, 2.75) is 46.2 Å². The van der Waals surface area contributed by atoms with Crippen LogP contribution in [0.5, 0.6) is 0 Å². The Morgan fingerprint density at radius 3 is 2.60 bits per heavy atom. The molecule has 6 heteroatoms. The van der Waals surface area contributed by atoms with Gasteiger partial charge in [-0.3, -0.25) is 4.79 Å². The van der Waals surface area contributed by atoms with E-state index in [4.69, 9.17) is 16.0 Å². The summed E-state index contributed by atoms with van der Waals surface area (Å²) in [6.45, 7) is 6.94. The molecule has 2 aliphatic rings. The van der Waals surface area contributed by atoms with Gasteiger partial charge in [-0.2, -0.15) is 0 Å². The Hall–Kier alpha value is -2.24. The van der Waals surface area contributed by atoms with Crippen LogP contribution >= 0.6 is 22.9 Å². The van der Waals surface area contributed by atoms with Crippen molar-refractivity contribution in [2.24, 2.45) is 11.3 Å². The van der Waals surface area contributed by atoms with E-state index in [0.29, 0.717) is 16.7 Å². The molecule has 2 N–H and O–H groups in total. The fourth-order valence-electron chi connectivity index (χ4n) is 4.46. The molecule has 0 unspecified atom stereocenters. The summed E-state index contributed by atoms with van der Waals surface area (Å²) in [5.74, 6) is 2.08. The molecule has 0 saturated carbocycles. The minimum Gasteiger partial charge on any atom is -0.457 e. The molecule has 30 heavy (non-hydrogen) atoms. The third-order valence-corrected chi connectivity index (χ3v) is 7.75. The number of anilines is 1. The summed E-state index contributed by atoms with van der Waals surface area (Å²) in [6.07, 6.45) is 2.80. The SMILES string of the molecule is CC(C)(C)[C@H]1CCc2c(sc3c2C(=O)N[C@H](c2ccc(-c4ccc(Cl)cc4)o2)N3)C1. The maximum Gasteiger partial charge on any atom is 0.256 e. The first kappa shape index (κ1) is 19.7. The van der Waals surface area contributed by atoms with Gasteiger partial charge in [0.25, 0.3) is 5.91 Å². The van der Waals surface area contributed by atoms with Gasteiger partial charge in [-0.25, -0.2) is 0 Å². The van der Waals surface area contributed by atoms with Gasteiger partial charge in [-0.05, 0) is 72.6 Å². The highest BCUT2D eigenvalue weighted by molar-refractivity contribution is 7.16. The molecular formula is C24H25ClN2O2S. The Morgan fingerprint density at radius 1 is 1.10 bits per heavy atom. The van der Waals surface area contributed by atoms with Gasteiger partial charge in [0.2, 0.25) is 0 Å². The molecule has 2 atom stereocenters. The molecule has 0 spiro atoms. The van der Waals surface area contributed by atoms with Gasteiger partial charge >= 0.3 is 0 Å². The fourth-order valence-corrected chi connectivity index (χ4v) is 5.94. The van der Waals surface area contributed by atoms with Crippen LogP contribution in [0.15, 0.2) is 40.8 Å². The first-order valence-electron chi connectivity index (χ1n) is 10.4. The molecule has 0 bridgehead atoms. The molecule has 1 aromatic carbocycles. The summed E-state index contributed by atoms with van der Waals surface area (Å²) in [6, 6.07) is 11.4. The number of fused-ring (bicyclic) bond motifs is 3. The number of amides is 1. The number of carbonyl (C=O) groups is 1. The second kappa shape index (κ2) is 7.17. The topological polar surface area (TPSA) is 54.3 Å². The van der Waals surface area contributed by atoms with Crippen LogP contribution in [0.3, 0.4) is 0 Å². The van der Waals surface area contributed by atoms with Crippen molar-refractivity contribution >= 4 is 33.8 Å². The zero-order valence-corrected chi connectivity index (χ0v) is 18.9. The highest BCUT2D eigenvalue weighted by Crippen LogP contribution is 2.46. The van der Waals surface area contributed by atoms with Crippen LogP contribution in [-0.4, -0.2) is 5.91 Å². The van der Waals surface area contributed by atoms with Crippen molar-refractivity contribution in [1.29, 1.82) is 0 Å². The normalized spacial score (nSPS) is 20.9. The monoisotopic (exact) mass is 440 g/mol. The van der Waals surface area contributed by atoms with E-state index in [1.54, 1.807) is 11.3 Å². The number of carbonyl (C=O) groups excluding carboxylic acids is 1. The van der Waals surface area contributed by atoms with Crippen LogP contribution in [0, 0.1) is 11.3 Å². The Labute approximate surface area is 185 Å². The molecule has 0 saturated heterocycles. The molecule has 0 radical (unpaired) electrons. The van der Waals surface area contributed by atoms with Gasteiger partial charge in [-0.15, -0.1) is 11.3 Å². The minimum absolute atomic E-state index is 0.00935. The summed E-state index contributed by atoms with van der Waals surface area (Å²) in [4.78, 5) is 14.4. The number of thiophene rings is 1. The largest absolute Gasteiger partial charge is 0.457 e. The highest BCUT2D eigenvalue weighted by Gasteiger charge is 2.37. The first-order chi connectivity index (χ1) is 14.3. The first-order valence-corrected chi connectivity index (χ1v) is 11.6. The lowest BCUT2D eigenvalue weighted by Crippen LogP contribution is -2.38. The van der Waals surface area contributed by atoms with E-state index in [2.05, 4.69) is 31.4 Å². The van der Waals surface area contributed by atoms with Crippen LogP contribution in [0.2, 0.25) is 5.02 Å². The van der Waals surface area contributed by atoms with Crippen molar-refractivity contribution in [1.82, 2.24) is 5.32 Å². The van der Waals surface area contributed by atoms with Crippen LogP contribution in [0.1, 0.15) is 59.9 Å². The standard InChI is InChI=1S/C24H25ClN2O2S/c1-24(2,3)14-6-9-16-19(12-14)30-23-20(16)22(28)26-21(27-23)18-11-10-17(29-18)13-4-7-15(25)8-5-13/h4-5,7-8,10-11,14,21,27H,6,9,12H2,1-3H3,(H,26,28)/t14-,21-/m0/s1. The Balaban J connectivity index is 1.41. The predicted octanol–water partition coefficient (Wildman–Crippen LogP) is 6.67. The molecule has 1 amide bonds. The van der Waals surface area contributed by atoms with Crippen LogP contribution in [-0.2, 0) is 12.8 Å². The van der Waals surface area contributed by atoms with E-state index >= 15 is 0 Å². The quantitative estimate of drug-likeness (QED) is 0.468. The van der Waals surface area contributed by atoms with Gasteiger partial charge in [0, 0.05) is 15.5 Å². The van der Waals surface area contributed by atoms with Crippen LogP contribution in [0.4, 0.5) is 5.00 Å². The molecule has 0 fully saturated rings. The third kappa shape index (κ3) is 3.44. The summed E-state index contributed by atoms with van der Waals surface area (Å²) in [7, 11) is 0. The maximum absolute atomic E-state index is 13.0. The molecule has 5 rings (SSSR count). The summed E-state index contributed by atoms with van der Waals surface area (Å²) in [5, 5.41) is 8.24. The van der Waals surface area contributed by atoms with Gasteiger partial charge in [0.05, 0.1) is 5.56 Å². The van der Waals surface area contributed by atoms with Crippen molar-refractivity contribution in [3.05, 3.63) is 63.2 Å². The van der Waals surface area contributed by atoms with Crippen molar-refractivity contribution in [2.75, 3.05) is 5.32 Å². The number of hydrogen-bond acceptors (Lipinski definition) is 4. The van der Waals surface area contributed by atoms with E-state index in [1.807, 2.05) is 36.4 Å². The van der Waals surface area contributed by atoms with Gasteiger partial charge in [-0.1, -0.05) is 32.4 Å². The average molecular weight is 441 g/mol. The number of halogens is 1. The number of hydrogen-bond donors (Lipinski definition) is 2. The van der Waals surface area contributed by atoms with E-state index in [-0.39, 0.29) is 17.5 Å². The average Bonchev–Trinajstić information content (AvgIpc) is 3.32. The number of benzene rings is 1. The minimum atomic E-state index is -0.371. The Kier molecular flexibility index (Phi) is 4.71. The Morgan fingerprint density at radius 2 is 1.87 bits per heavy atom. The van der Waals surface area contributed by atoms with Crippen LogP contribution < -0.4 is 10.6 Å². The second-order valence-corrected chi connectivity index (χ2v) is 10.8. The smallest absolute Gasteiger partial charge is 0.256 e. The lowest BCUT2D eigenvalue weighted by Gasteiger charge is -2.34. The molecule has 2 aromatic heterocycles. The van der Waals surface area contributed by atoms with E-state index < -0.39 is 0 Å². The lowest BCUT2D eigenvalue weighted by atomic mass is 9.72. The van der Waals surface area contributed by atoms with Gasteiger partial charge < -0.3 is 15.1 Å². The fraction of sp³-hybridized carbons (Fsp3) is 0.375. The van der Waals surface area contributed by atoms with Gasteiger partial charge in [0.15, 0.2) is 6.17 Å². The zero-order chi connectivity index (χ0) is 21.0. The summed E-state index contributed by atoms with van der Waals surface area (Å²) < 4.78 is 6.06. The zero-order valence-electron chi connectivity index (χ0n) is 17.3. The van der Waals surface area contributed by atoms with Gasteiger partial charge in [0.1, 0.15) is 16.5 Å². The molecule has 3 heterocycles. The molecule has 3 aromatic rings. The predicted molar refractivity (Wildman–Crippen MR) is 122 cm³/mol. The van der Waals surface area contributed by atoms with Crippen molar-refractivity contribution in [3.63, 3.8) is 0 Å². The maximum atomic E-state index is 13.0. The number of rotatable bonds is 2. The van der Waals surface area contributed by atoms with Crippen molar-refractivity contribution < 1.29 is 9.21 Å². The molecular weight excluding hydrogens is 416 g/mol. The highest BCUT2D eigenvalue weighted by atomic mass is 35.5. The summed E-state index contributed by atoms with van der Waals surface area (Å²) in [5.41, 5.74) is 3.31. The molecule has 1 aliphatic carbocycles. The molecule has 4 nitrogen and oxygen atoms in total. The molecule has 156 valence electrons. The number of furan rings is 1. The van der Waals surface area contributed by atoms with E-state index in [0.717, 1.165) is 41.2 Å². The summed E-state index contributed by atoms with van der Waals surface area (Å²) >= 11 is 7.72.